The number of carbonyl (C=O) groups is 1. The minimum absolute atomic E-state index is 0.0577. The number of ether oxygens (including phenoxy) is 1. The Morgan fingerprint density at radius 2 is 2.00 bits per heavy atom. The third kappa shape index (κ3) is 4.85. The number of rotatable bonds is 6. The number of furan rings is 1. The molecule has 1 aliphatic heterocycles. The maximum absolute atomic E-state index is 12.9. The Labute approximate surface area is 159 Å². The lowest BCUT2D eigenvalue weighted by Gasteiger charge is -2.27. The molecule has 1 amide bonds. The second kappa shape index (κ2) is 7.79. The zero-order valence-electron chi connectivity index (χ0n) is 13.7. The van der Waals surface area contributed by atoms with Gasteiger partial charge in [-0.3, -0.25) is 4.79 Å². The molecule has 0 radical (unpaired) electrons. The summed E-state index contributed by atoms with van der Waals surface area (Å²) >= 11 is 3.21. The van der Waals surface area contributed by atoms with Crippen LogP contribution in [-0.2, 0) is 21.2 Å². The van der Waals surface area contributed by atoms with E-state index >= 15 is 0 Å². The van der Waals surface area contributed by atoms with E-state index in [1.165, 1.54) is 29.2 Å². The van der Waals surface area contributed by atoms with Crippen LogP contribution in [0.5, 0.6) is 5.75 Å². The van der Waals surface area contributed by atoms with Crippen LogP contribution in [0.25, 0.3) is 0 Å². The van der Waals surface area contributed by atoms with Crippen LogP contribution in [0.1, 0.15) is 12.2 Å². The van der Waals surface area contributed by atoms with Crippen LogP contribution < -0.4 is 4.74 Å². The van der Waals surface area contributed by atoms with Gasteiger partial charge in [0.25, 0.3) is 5.91 Å². The largest absolute Gasteiger partial charge is 0.484 e. The molecule has 0 saturated carbocycles. The molecule has 26 heavy (non-hydrogen) atoms. The molecule has 1 aliphatic rings. The summed E-state index contributed by atoms with van der Waals surface area (Å²) in [5.74, 6) is 0.129. The Balaban J connectivity index is 1.71. The number of hydrogen-bond acceptors (Lipinski definition) is 5. The van der Waals surface area contributed by atoms with Gasteiger partial charge in [0.2, 0.25) is 0 Å². The molecule has 1 saturated heterocycles. The van der Waals surface area contributed by atoms with E-state index in [1.807, 2.05) is 0 Å². The second-order valence-corrected chi connectivity index (χ2v) is 9.04. The van der Waals surface area contributed by atoms with Crippen molar-refractivity contribution in [3.05, 3.63) is 52.6 Å². The van der Waals surface area contributed by atoms with E-state index in [2.05, 4.69) is 15.9 Å². The first kappa shape index (κ1) is 18.9. The number of sulfone groups is 1. The van der Waals surface area contributed by atoms with Crippen molar-refractivity contribution in [2.24, 2.45) is 0 Å². The lowest BCUT2D eigenvalue weighted by Crippen LogP contribution is -2.43. The van der Waals surface area contributed by atoms with E-state index in [4.69, 9.17) is 9.15 Å². The van der Waals surface area contributed by atoms with Gasteiger partial charge in [0.1, 0.15) is 17.3 Å². The first-order valence-corrected chi connectivity index (χ1v) is 10.6. The van der Waals surface area contributed by atoms with Crippen molar-refractivity contribution >= 4 is 31.7 Å². The minimum Gasteiger partial charge on any atom is -0.484 e. The number of nitrogens with zero attached hydrogens (tertiary/aromatic N) is 1. The molecule has 1 fully saturated rings. The highest BCUT2D eigenvalue weighted by molar-refractivity contribution is 9.10. The first-order valence-electron chi connectivity index (χ1n) is 7.95. The van der Waals surface area contributed by atoms with Crippen molar-refractivity contribution in [1.82, 2.24) is 4.90 Å². The Morgan fingerprint density at radius 3 is 2.58 bits per heavy atom. The van der Waals surface area contributed by atoms with E-state index in [0.29, 0.717) is 22.6 Å². The molecule has 1 aromatic heterocycles. The minimum atomic E-state index is -3.15. The lowest BCUT2D eigenvalue weighted by molar-refractivity contribution is -0.136. The average molecular weight is 446 g/mol. The Hall–Kier alpha value is -1.87. The number of carbonyl (C=O) groups excluding carboxylic acids is 1. The summed E-state index contributed by atoms with van der Waals surface area (Å²) in [6.07, 6.45) is 0.381. The van der Waals surface area contributed by atoms with Gasteiger partial charge in [-0.1, -0.05) is 0 Å². The van der Waals surface area contributed by atoms with Crippen molar-refractivity contribution in [3.63, 3.8) is 0 Å². The SMILES string of the molecule is O=C(COc1ccc(F)cc1)N(Cc1ccc(Br)o1)C1CCS(=O)(=O)C1. The van der Waals surface area contributed by atoms with E-state index < -0.39 is 21.7 Å². The number of amides is 1. The standard InChI is InChI=1S/C17H17BrFNO5S/c18-16-6-5-15(25-16)9-20(13-7-8-26(22,23)11-13)17(21)10-24-14-3-1-12(19)2-4-14/h1-6,13H,7-11H2. The molecular weight excluding hydrogens is 429 g/mol. The van der Waals surface area contributed by atoms with Gasteiger partial charge in [0, 0.05) is 6.04 Å². The molecule has 1 aromatic carbocycles. The van der Waals surface area contributed by atoms with Crippen LogP contribution in [0.15, 0.2) is 45.5 Å². The van der Waals surface area contributed by atoms with Gasteiger partial charge in [-0.05, 0) is 58.7 Å². The third-order valence-electron chi connectivity index (χ3n) is 4.10. The Bertz CT molecular complexity index is 881. The van der Waals surface area contributed by atoms with Gasteiger partial charge < -0.3 is 14.1 Å². The van der Waals surface area contributed by atoms with Crippen LogP contribution in [-0.4, -0.2) is 43.4 Å². The molecule has 1 atom stereocenters. The summed E-state index contributed by atoms with van der Waals surface area (Å²) in [5.41, 5.74) is 0. The van der Waals surface area contributed by atoms with Gasteiger partial charge >= 0.3 is 0 Å². The topological polar surface area (TPSA) is 76.8 Å². The highest BCUT2D eigenvalue weighted by atomic mass is 79.9. The fourth-order valence-electron chi connectivity index (χ4n) is 2.81. The number of halogens is 2. The Kier molecular flexibility index (Phi) is 5.67. The zero-order valence-corrected chi connectivity index (χ0v) is 16.1. The highest BCUT2D eigenvalue weighted by Gasteiger charge is 2.35. The van der Waals surface area contributed by atoms with Crippen LogP contribution >= 0.6 is 15.9 Å². The molecule has 2 heterocycles. The predicted molar refractivity (Wildman–Crippen MR) is 95.9 cm³/mol. The quantitative estimate of drug-likeness (QED) is 0.682. The summed E-state index contributed by atoms with van der Waals surface area (Å²) < 4.78 is 47.9. The average Bonchev–Trinajstić information content (AvgIpc) is 3.16. The predicted octanol–water partition coefficient (Wildman–Crippen LogP) is 2.78. The zero-order chi connectivity index (χ0) is 18.7. The number of hydrogen-bond donors (Lipinski definition) is 0. The van der Waals surface area contributed by atoms with Crippen LogP contribution in [0.4, 0.5) is 4.39 Å². The molecule has 0 spiro atoms. The molecule has 6 nitrogen and oxygen atoms in total. The summed E-state index contributed by atoms with van der Waals surface area (Å²) in [6, 6.07) is 8.33. The normalized spacial score (nSPS) is 18.6. The van der Waals surface area contributed by atoms with Crippen LogP contribution in [0.3, 0.4) is 0 Å². The van der Waals surface area contributed by atoms with Gasteiger partial charge in [-0.2, -0.15) is 0 Å². The van der Waals surface area contributed by atoms with E-state index in [1.54, 1.807) is 12.1 Å². The summed E-state index contributed by atoms with van der Waals surface area (Å²) in [6.45, 7) is -0.124. The lowest BCUT2D eigenvalue weighted by atomic mass is 10.2. The molecule has 0 N–H and O–H groups in total. The number of benzene rings is 1. The molecule has 140 valence electrons. The molecule has 3 rings (SSSR count). The van der Waals surface area contributed by atoms with E-state index in [0.717, 1.165) is 0 Å². The van der Waals surface area contributed by atoms with Gasteiger partial charge in [-0.25, -0.2) is 12.8 Å². The smallest absolute Gasteiger partial charge is 0.261 e. The molecule has 0 aliphatic carbocycles. The maximum Gasteiger partial charge on any atom is 0.261 e. The van der Waals surface area contributed by atoms with Gasteiger partial charge in [0.15, 0.2) is 21.1 Å². The summed E-state index contributed by atoms with van der Waals surface area (Å²) in [5, 5.41) is 0. The van der Waals surface area contributed by atoms with Crippen molar-refractivity contribution in [2.75, 3.05) is 18.1 Å². The second-order valence-electron chi connectivity index (χ2n) is 6.03. The fraction of sp³-hybridized carbons (Fsp3) is 0.353. The summed E-state index contributed by atoms with van der Waals surface area (Å²) in [4.78, 5) is 14.1. The van der Waals surface area contributed by atoms with Crippen LogP contribution in [0, 0.1) is 5.82 Å². The van der Waals surface area contributed by atoms with Crippen molar-refractivity contribution in [1.29, 1.82) is 0 Å². The molecule has 1 unspecified atom stereocenters. The highest BCUT2D eigenvalue weighted by Crippen LogP contribution is 2.23. The monoisotopic (exact) mass is 445 g/mol. The van der Waals surface area contributed by atoms with Crippen molar-refractivity contribution < 1.29 is 26.8 Å². The molecule has 0 bridgehead atoms. The Morgan fingerprint density at radius 1 is 1.27 bits per heavy atom. The maximum atomic E-state index is 12.9. The van der Waals surface area contributed by atoms with E-state index in [-0.39, 0.29) is 30.6 Å². The van der Waals surface area contributed by atoms with Crippen LogP contribution in [0.2, 0.25) is 0 Å². The van der Waals surface area contributed by atoms with Gasteiger partial charge in [0.05, 0.1) is 18.1 Å². The first-order chi connectivity index (χ1) is 12.3. The molecule has 9 heteroatoms. The van der Waals surface area contributed by atoms with Crippen molar-refractivity contribution in [3.8, 4) is 5.75 Å². The van der Waals surface area contributed by atoms with E-state index in [9.17, 15) is 17.6 Å². The summed E-state index contributed by atoms with van der Waals surface area (Å²) in [7, 11) is -3.15. The molecule has 2 aromatic rings. The van der Waals surface area contributed by atoms with Gasteiger partial charge in [-0.15, -0.1) is 0 Å². The molecular formula is C17H17BrFNO5S. The fourth-order valence-corrected chi connectivity index (χ4v) is 4.88. The third-order valence-corrected chi connectivity index (χ3v) is 6.28. The van der Waals surface area contributed by atoms with Crippen molar-refractivity contribution in [2.45, 2.75) is 19.0 Å².